The summed E-state index contributed by atoms with van der Waals surface area (Å²) in [6, 6.07) is 8.64. The number of piperazine rings is 1. The molecule has 0 aromatic heterocycles. The van der Waals surface area contributed by atoms with Crippen LogP contribution in [0.2, 0.25) is 0 Å². The molecule has 1 aromatic carbocycles. The number of ether oxygens (including phenoxy) is 1. The van der Waals surface area contributed by atoms with E-state index in [4.69, 9.17) is 9.84 Å². The van der Waals surface area contributed by atoms with Crippen LogP contribution in [0.4, 0.5) is 4.79 Å². The van der Waals surface area contributed by atoms with Gasteiger partial charge in [-0.05, 0) is 5.56 Å². The number of hydrogen-bond donors (Lipinski definition) is 2. The van der Waals surface area contributed by atoms with Gasteiger partial charge in [-0.1, -0.05) is 30.3 Å². The third-order valence-corrected chi connectivity index (χ3v) is 2.94. The maximum absolute atomic E-state index is 11.8. The lowest BCUT2D eigenvalue weighted by Crippen LogP contribution is -2.55. The Morgan fingerprint density at radius 3 is 2.70 bits per heavy atom. The van der Waals surface area contributed by atoms with Crippen LogP contribution in [0.5, 0.6) is 0 Å². The average molecular weight is 301 g/mol. The van der Waals surface area contributed by atoms with E-state index in [0.717, 1.165) is 5.56 Å². The van der Waals surface area contributed by atoms with Crippen LogP contribution >= 0.6 is 12.4 Å². The molecular formula is C13H17ClN2O4. The molecule has 1 aliphatic rings. The third kappa shape index (κ3) is 4.40. The summed E-state index contributed by atoms with van der Waals surface area (Å²) in [5.74, 6) is -0.958. The zero-order chi connectivity index (χ0) is 13.7. The van der Waals surface area contributed by atoms with Crippen LogP contribution in [-0.4, -0.2) is 47.7 Å². The van der Waals surface area contributed by atoms with Gasteiger partial charge in [0.05, 0.1) is 6.54 Å². The summed E-state index contributed by atoms with van der Waals surface area (Å²) in [5, 5.41) is 11.7. The van der Waals surface area contributed by atoms with Gasteiger partial charge in [-0.2, -0.15) is 0 Å². The average Bonchev–Trinajstić information content (AvgIpc) is 2.46. The number of amides is 1. The van der Waals surface area contributed by atoms with Crippen LogP contribution in [0, 0.1) is 0 Å². The van der Waals surface area contributed by atoms with E-state index in [9.17, 15) is 9.59 Å². The van der Waals surface area contributed by atoms with Gasteiger partial charge in [0.2, 0.25) is 0 Å². The molecule has 2 N–H and O–H groups in total. The van der Waals surface area contributed by atoms with Crippen molar-refractivity contribution in [2.24, 2.45) is 0 Å². The molecule has 1 unspecified atom stereocenters. The van der Waals surface area contributed by atoms with Gasteiger partial charge in [0, 0.05) is 13.1 Å². The minimum absolute atomic E-state index is 0. The van der Waals surface area contributed by atoms with Crippen molar-refractivity contribution in [3.63, 3.8) is 0 Å². The topological polar surface area (TPSA) is 78.9 Å². The lowest BCUT2D eigenvalue weighted by molar-refractivity contribution is -0.140. The number of nitrogens with zero attached hydrogens (tertiary/aromatic N) is 1. The molecule has 1 fully saturated rings. The fourth-order valence-electron chi connectivity index (χ4n) is 1.89. The Morgan fingerprint density at radius 2 is 2.05 bits per heavy atom. The molecule has 110 valence electrons. The smallest absolute Gasteiger partial charge is 0.410 e. The first-order valence-electron chi connectivity index (χ1n) is 6.08. The number of carboxylic acid groups (broad SMARTS) is 1. The summed E-state index contributed by atoms with van der Waals surface area (Å²) in [4.78, 5) is 24.1. The van der Waals surface area contributed by atoms with E-state index in [1.165, 1.54) is 4.90 Å². The van der Waals surface area contributed by atoms with Crippen molar-refractivity contribution in [3.8, 4) is 0 Å². The van der Waals surface area contributed by atoms with Crippen molar-refractivity contribution >= 4 is 24.5 Å². The number of aliphatic carboxylic acids is 1. The van der Waals surface area contributed by atoms with Gasteiger partial charge < -0.3 is 20.1 Å². The fourth-order valence-corrected chi connectivity index (χ4v) is 1.89. The number of halogens is 1. The Morgan fingerprint density at radius 1 is 1.35 bits per heavy atom. The molecule has 1 amide bonds. The number of rotatable bonds is 3. The Bertz CT molecular complexity index is 455. The highest BCUT2D eigenvalue weighted by atomic mass is 35.5. The number of hydrogen-bond acceptors (Lipinski definition) is 4. The predicted octanol–water partition coefficient (Wildman–Crippen LogP) is 1.10. The highest BCUT2D eigenvalue weighted by molar-refractivity contribution is 5.85. The van der Waals surface area contributed by atoms with E-state index < -0.39 is 18.1 Å². The zero-order valence-electron chi connectivity index (χ0n) is 10.8. The molecule has 1 saturated heterocycles. The Labute approximate surface area is 123 Å². The second kappa shape index (κ2) is 7.72. The van der Waals surface area contributed by atoms with Gasteiger partial charge in [0.1, 0.15) is 12.6 Å². The largest absolute Gasteiger partial charge is 0.480 e. The zero-order valence-corrected chi connectivity index (χ0v) is 11.6. The quantitative estimate of drug-likeness (QED) is 0.874. The molecule has 7 heteroatoms. The van der Waals surface area contributed by atoms with Crippen LogP contribution in [0.15, 0.2) is 30.3 Å². The van der Waals surface area contributed by atoms with Crippen LogP contribution in [0.1, 0.15) is 5.56 Å². The monoisotopic (exact) mass is 300 g/mol. The molecule has 20 heavy (non-hydrogen) atoms. The molecule has 0 radical (unpaired) electrons. The van der Waals surface area contributed by atoms with Gasteiger partial charge in [0.15, 0.2) is 0 Å². The van der Waals surface area contributed by atoms with Crippen molar-refractivity contribution in [2.45, 2.75) is 12.6 Å². The lowest BCUT2D eigenvalue weighted by atomic mass is 10.2. The third-order valence-electron chi connectivity index (χ3n) is 2.94. The fraction of sp³-hybridized carbons (Fsp3) is 0.385. The van der Waals surface area contributed by atoms with Crippen molar-refractivity contribution in [2.75, 3.05) is 19.6 Å². The molecule has 0 spiro atoms. The molecule has 1 heterocycles. The second-order valence-electron chi connectivity index (χ2n) is 4.33. The first-order valence-corrected chi connectivity index (χ1v) is 6.08. The molecule has 1 aromatic rings. The Hall–Kier alpha value is -1.79. The van der Waals surface area contributed by atoms with Crippen molar-refractivity contribution < 1.29 is 19.4 Å². The minimum Gasteiger partial charge on any atom is -0.480 e. The number of carbonyl (C=O) groups is 2. The van der Waals surface area contributed by atoms with Crippen LogP contribution < -0.4 is 5.32 Å². The predicted molar refractivity (Wildman–Crippen MR) is 74.9 cm³/mol. The molecule has 1 atom stereocenters. The highest BCUT2D eigenvalue weighted by Crippen LogP contribution is 2.06. The molecule has 1 aliphatic heterocycles. The van der Waals surface area contributed by atoms with Crippen LogP contribution in [0.25, 0.3) is 0 Å². The van der Waals surface area contributed by atoms with Gasteiger partial charge >= 0.3 is 12.1 Å². The van der Waals surface area contributed by atoms with Gasteiger partial charge in [-0.3, -0.25) is 4.79 Å². The van der Waals surface area contributed by atoms with Crippen LogP contribution in [0.3, 0.4) is 0 Å². The number of carbonyl (C=O) groups excluding carboxylic acids is 1. The summed E-state index contributed by atoms with van der Waals surface area (Å²) < 4.78 is 5.16. The van der Waals surface area contributed by atoms with Crippen molar-refractivity contribution in [1.82, 2.24) is 10.2 Å². The Kier molecular flexibility index (Phi) is 6.27. The summed E-state index contributed by atoms with van der Waals surface area (Å²) in [6.07, 6.45) is -0.475. The number of benzene rings is 1. The van der Waals surface area contributed by atoms with Crippen molar-refractivity contribution in [1.29, 1.82) is 0 Å². The highest BCUT2D eigenvalue weighted by Gasteiger charge is 2.28. The summed E-state index contributed by atoms with van der Waals surface area (Å²) >= 11 is 0. The van der Waals surface area contributed by atoms with E-state index >= 15 is 0 Å². The number of nitrogens with one attached hydrogen (secondary N) is 1. The normalized spacial score (nSPS) is 18.0. The first-order chi connectivity index (χ1) is 9.16. The van der Waals surface area contributed by atoms with E-state index in [1.54, 1.807) is 0 Å². The van der Waals surface area contributed by atoms with E-state index in [1.807, 2.05) is 30.3 Å². The van der Waals surface area contributed by atoms with Gasteiger partial charge in [0.25, 0.3) is 0 Å². The van der Waals surface area contributed by atoms with Crippen LogP contribution in [-0.2, 0) is 16.1 Å². The SMILES string of the molecule is Cl.O=C(O)C1CN(C(=O)OCc2ccccc2)CCN1. The van der Waals surface area contributed by atoms with E-state index in [-0.39, 0.29) is 25.6 Å². The van der Waals surface area contributed by atoms with Gasteiger partial charge in [-0.15, -0.1) is 12.4 Å². The molecule has 2 rings (SSSR count). The first kappa shape index (κ1) is 16.3. The second-order valence-corrected chi connectivity index (χ2v) is 4.33. The number of carboxylic acids is 1. The molecule has 6 nitrogen and oxygen atoms in total. The van der Waals surface area contributed by atoms with E-state index in [2.05, 4.69) is 5.32 Å². The lowest BCUT2D eigenvalue weighted by Gasteiger charge is -2.30. The molecular weight excluding hydrogens is 284 g/mol. The van der Waals surface area contributed by atoms with Crippen molar-refractivity contribution in [3.05, 3.63) is 35.9 Å². The summed E-state index contributed by atoms with van der Waals surface area (Å²) in [7, 11) is 0. The maximum Gasteiger partial charge on any atom is 0.410 e. The standard InChI is InChI=1S/C13H16N2O4.ClH/c16-12(17)11-8-15(7-6-14-11)13(18)19-9-10-4-2-1-3-5-10;/h1-5,11,14H,6-9H2,(H,16,17);1H. The Balaban J connectivity index is 0.00000200. The van der Waals surface area contributed by atoms with Gasteiger partial charge in [-0.25, -0.2) is 4.79 Å². The summed E-state index contributed by atoms with van der Waals surface area (Å²) in [6.45, 7) is 1.24. The molecule has 0 bridgehead atoms. The molecule has 0 aliphatic carbocycles. The minimum atomic E-state index is -0.958. The summed E-state index contributed by atoms with van der Waals surface area (Å²) in [5.41, 5.74) is 0.903. The maximum atomic E-state index is 11.8. The molecule has 0 saturated carbocycles. The van der Waals surface area contributed by atoms with E-state index in [0.29, 0.717) is 13.1 Å².